The average molecular weight is 665 g/mol. The Morgan fingerprint density at radius 2 is 1.15 bits per heavy atom. The van der Waals surface area contributed by atoms with Crippen molar-refractivity contribution in [2.75, 3.05) is 54.4 Å². The number of benzene rings is 2. The summed E-state index contributed by atoms with van der Waals surface area (Å²) in [5.41, 5.74) is 0.532. The van der Waals surface area contributed by atoms with Gasteiger partial charge in [0.25, 0.3) is 11.4 Å². The summed E-state index contributed by atoms with van der Waals surface area (Å²) in [6.07, 6.45) is 12.0. The minimum Gasteiger partial charge on any atom is -0.335 e. The molecule has 13 heteroatoms. The van der Waals surface area contributed by atoms with Gasteiger partial charge in [0.15, 0.2) is 0 Å². The van der Waals surface area contributed by atoms with Crippen molar-refractivity contribution in [2.45, 2.75) is 60.4 Å². The molecule has 2 heterocycles. The molecule has 0 bridgehead atoms. The standard InChI is InChI=1S/C34H44N6O6S/c1-35(2)23-27-9-5-7-19-37(27)33(41)17-13-25-11-15-31(29(21-25)39(43)44)47-32-16-12-26(22-30(32)40(45)46)14-18-34(42)38-20-8-6-10-28(38)24-36(3)4/h11-18,21-22,27-28H,5-10,19-20,23-24H2,1-4H3/b17-13+,18-14+. The van der Waals surface area contributed by atoms with Crippen LogP contribution in [0.1, 0.15) is 49.7 Å². The number of piperidine rings is 2. The van der Waals surface area contributed by atoms with Crippen LogP contribution in [0, 0.1) is 20.2 Å². The lowest BCUT2D eigenvalue weighted by Crippen LogP contribution is -2.47. The van der Waals surface area contributed by atoms with Crippen molar-refractivity contribution in [2.24, 2.45) is 0 Å². The van der Waals surface area contributed by atoms with Crippen molar-refractivity contribution in [3.05, 3.63) is 79.9 Å². The van der Waals surface area contributed by atoms with Gasteiger partial charge in [0.2, 0.25) is 11.8 Å². The second-order valence-electron chi connectivity index (χ2n) is 12.6. The van der Waals surface area contributed by atoms with Gasteiger partial charge in [-0.15, -0.1) is 0 Å². The normalized spacial score (nSPS) is 18.9. The van der Waals surface area contributed by atoms with Crippen LogP contribution in [0.2, 0.25) is 0 Å². The van der Waals surface area contributed by atoms with E-state index in [9.17, 15) is 29.8 Å². The number of likely N-dealkylation sites (tertiary alicyclic amines) is 2. The second-order valence-corrected chi connectivity index (χ2v) is 13.7. The summed E-state index contributed by atoms with van der Waals surface area (Å²) in [6, 6.07) is 9.39. The highest BCUT2D eigenvalue weighted by Crippen LogP contribution is 2.40. The van der Waals surface area contributed by atoms with Crippen molar-refractivity contribution >= 4 is 47.1 Å². The molecule has 2 saturated heterocycles. The molecule has 2 aliphatic heterocycles. The van der Waals surface area contributed by atoms with Gasteiger partial charge in [-0.05, 0) is 102 Å². The van der Waals surface area contributed by atoms with Gasteiger partial charge in [0, 0.05) is 62.5 Å². The van der Waals surface area contributed by atoms with Crippen LogP contribution in [0.5, 0.6) is 0 Å². The molecule has 0 spiro atoms. The molecule has 0 radical (unpaired) electrons. The van der Waals surface area contributed by atoms with E-state index in [0.29, 0.717) is 24.2 Å². The molecular weight excluding hydrogens is 620 g/mol. The summed E-state index contributed by atoms with van der Waals surface area (Å²) < 4.78 is 0. The van der Waals surface area contributed by atoms with E-state index in [0.717, 1.165) is 63.4 Å². The van der Waals surface area contributed by atoms with Crippen LogP contribution in [0.25, 0.3) is 12.2 Å². The number of nitro benzene ring substituents is 2. The van der Waals surface area contributed by atoms with Gasteiger partial charge in [-0.2, -0.15) is 0 Å². The van der Waals surface area contributed by atoms with Gasteiger partial charge in [0.1, 0.15) is 0 Å². The van der Waals surface area contributed by atoms with Crippen molar-refractivity contribution in [3.8, 4) is 0 Å². The van der Waals surface area contributed by atoms with Crippen LogP contribution in [0.4, 0.5) is 11.4 Å². The second kappa shape index (κ2) is 16.7. The van der Waals surface area contributed by atoms with Crippen LogP contribution in [0.15, 0.2) is 58.3 Å². The third kappa shape index (κ3) is 9.96. The van der Waals surface area contributed by atoms with Gasteiger partial charge in [0.05, 0.1) is 19.6 Å². The number of likely N-dealkylation sites (N-methyl/N-ethyl adjacent to an activating group) is 2. The fraction of sp³-hybridized carbons (Fsp3) is 0.471. The molecule has 0 aromatic heterocycles. The van der Waals surface area contributed by atoms with E-state index >= 15 is 0 Å². The predicted molar refractivity (Wildman–Crippen MR) is 184 cm³/mol. The lowest BCUT2D eigenvalue weighted by Gasteiger charge is -2.36. The maximum absolute atomic E-state index is 13.0. The Hall–Kier alpha value is -4.07. The molecule has 0 aliphatic carbocycles. The minimum atomic E-state index is -0.530. The Labute approximate surface area is 280 Å². The number of amides is 2. The Balaban J connectivity index is 1.50. The molecule has 0 N–H and O–H groups in total. The van der Waals surface area contributed by atoms with E-state index in [-0.39, 0.29) is 45.1 Å². The number of hydrogen-bond donors (Lipinski definition) is 0. The molecule has 2 amide bonds. The monoisotopic (exact) mass is 664 g/mol. The maximum Gasteiger partial charge on any atom is 0.283 e. The van der Waals surface area contributed by atoms with Crippen LogP contribution < -0.4 is 0 Å². The van der Waals surface area contributed by atoms with Crippen LogP contribution in [-0.4, -0.2) is 108 Å². The Morgan fingerprint density at radius 3 is 1.51 bits per heavy atom. The molecule has 2 aliphatic rings. The predicted octanol–water partition coefficient (Wildman–Crippen LogP) is 5.57. The number of hydrogen-bond acceptors (Lipinski definition) is 9. The largest absolute Gasteiger partial charge is 0.335 e. The Morgan fingerprint density at radius 1 is 0.745 bits per heavy atom. The fourth-order valence-corrected chi connectivity index (χ4v) is 7.17. The van der Waals surface area contributed by atoms with E-state index in [2.05, 4.69) is 9.80 Å². The van der Waals surface area contributed by atoms with E-state index in [1.165, 1.54) is 24.3 Å². The maximum atomic E-state index is 13.0. The summed E-state index contributed by atoms with van der Waals surface area (Å²) in [5.74, 6) is -0.262. The Bertz CT molecular complexity index is 1410. The lowest BCUT2D eigenvalue weighted by molar-refractivity contribution is -0.388. The molecular formula is C34H44N6O6S. The summed E-state index contributed by atoms with van der Waals surface area (Å²) in [4.78, 5) is 57.4. The molecule has 4 rings (SSSR count). The fourth-order valence-electron chi connectivity index (χ4n) is 6.18. The third-order valence-corrected chi connectivity index (χ3v) is 9.52. The highest BCUT2D eigenvalue weighted by atomic mass is 32.2. The zero-order valence-electron chi connectivity index (χ0n) is 27.5. The molecule has 2 aromatic rings. The van der Waals surface area contributed by atoms with Crippen molar-refractivity contribution in [3.63, 3.8) is 0 Å². The van der Waals surface area contributed by atoms with Gasteiger partial charge in [-0.1, -0.05) is 23.9 Å². The van der Waals surface area contributed by atoms with E-state index in [1.807, 2.05) is 38.0 Å². The summed E-state index contributed by atoms with van der Waals surface area (Å²) >= 11 is 0.930. The average Bonchev–Trinajstić information content (AvgIpc) is 3.03. The number of carbonyl (C=O) groups is 2. The molecule has 2 atom stereocenters. The molecule has 47 heavy (non-hydrogen) atoms. The smallest absolute Gasteiger partial charge is 0.283 e. The summed E-state index contributed by atoms with van der Waals surface area (Å²) in [7, 11) is 7.92. The molecule has 252 valence electrons. The summed E-state index contributed by atoms with van der Waals surface area (Å²) in [5, 5.41) is 24.1. The van der Waals surface area contributed by atoms with Crippen LogP contribution in [0.3, 0.4) is 0 Å². The van der Waals surface area contributed by atoms with Gasteiger partial charge < -0.3 is 19.6 Å². The SMILES string of the molecule is CN(C)CC1CCCCN1C(=O)/C=C/c1ccc(Sc2ccc(/C=C/C(=O)N3CCCCC3CN(C)C)cc2[N+](=O)[O-])c([N+](=O)[O-])c1. The van der Waals surface area contributed by atoms with Crippen molar-refractivity contribution in [1.29, 1.82) is 0 Å². The van der Waals surface area contributed by atoms with Crippen molar-refractivity contribution < 1.29 is 19.4 Å². The highest BCUT2D eigenvalue weighted by molar-refractivity contribution is 7.99. The van der Waals surface area contributed by atoms with Crippen molar-refractivity contribution in [1.82, 2.24) is 19.6 Å². The first-order valence-corrected chi connectivity index (χ1v) is 16.8. The third-order valence-electron chi connectivity index (χ3n) is 8.39. The Kier molecular flexibility index (Phi) is 12.7. The molecule has 0 saturated carbocycles. The van der Waals surface area contributed by atoms with Gasteiger partial charge in [-0.3, -0.25) is 29.8 Å². The lowest BCUT2D eigenvalue weighted by atomic mass is 10.0. The summed E-state index contributed by atoms with van der Waals surface area (Å²) in [6.45, 7) is 2.90. The zero-order valence-corrected chi connectivity index (χ0v) is 28.4. The zero-order chi connectivity index (χ0) is 34.1. The number of carbonyl (C=O) groups excluding carboxylic acids is 2. The first kappa shape index (κ1) is 35.8. The van der Waals surface area contributed by atoms with Crippen LogP contribution >= 0.6 is 11.8 Å². The van der Waals surface area contributed by atoms with Gasteiger partial charge in [-0.25, -0.2) is 0 Å². The highest BCUT2D eigenvalue weighted by Gasteiger charge is 2.27. The van der Waals surface area contributed by atoms with E-state index in [4.69, 9.17) is 0 Å². The first-order valence-electron chi connectivity index (χ1n) is 15.9. The first-order chi connectivity index (χ1) is 22.4. The van der Waals surface area contributed by atoms with E-state index < -0.39 is 9.85 Å². The van der Waals surface area contributed by atoms with Crippen LogP contribution in [-0.2, 0) is 9.59 Å². The molecule has 2 aromatic carbocycles. The minimum absolute atomic E-state index is 0.122. The van der Waals surface area contributed by atoms with E-state index in [1.54, 1.807) is 36.4 Å². The molecule has 2 unspecified atom stereocenters. The quantitative estimate of drug-likeness (QED) is 0.162. The van der Waals surface area contributed by atoms with Gasteiger partial charge >= 0.3 is 0 Å². The number of nitrogens with zero attached hydrogens (tertiary/aromatic N) is 6. The molecule has 2 fully saturated rings. The topological polar surface area (TPSA) is 133 Å². The number of nitro groups is 2. The number of rotatable bonds is 12. The molecule has 12 nitrogen and oxygen atoms in total.